The molecule has 1 rings (SSSR count). The van der Waals surface area contributed by atoms with Crippen molar-refractivity contribution in [2.45, 2.75) is 85.1 Å². The number of ether oxygens (including phenoxy) is 1. The smallest absolute Gasteiger partial charge is 0.0565 e. The molecule has 0 aromatic rings. The van der Waals surface area contributed by atoms with Crippen LogP contribution in [0.1, 0.15) is 60.8 Å². The van der Waals surface area contributed by atoms with Crippen molar-refractivity contribution in [2.24, 2.45) is 5.41 Å². The summed E-state index contributed by atoms with van der Waals surface area (Å²) in [6, 6.07) is 1.23. The second kappa shape index (κ2) is 5.50. The third-order valence-electron chi connectivity index (χ3n) is 3.59. The van der Waals surface area contributed by atoms with Crippen molar-refractivity contribution < 1.29 is 4.74 Å². The minimum Gasteiger partial charge on any atom is -0.375 e. The van der Waals surface area contributed by atoms with Crippen LogP contribution in [0, 0.1) is 5.41 Å². The number of hydrogen-bond acceptors (Lipinski definition) is 2. The van der Waals surface area contributed by atoms with E-state index >= 15 is 0 Å². The van der Waals surface area contributed by atoms with Gasteiger partial charge in [0, 0.05) is 12.1 Å². The van der Waals surface area contributed by atoms with Crippen molar-refractivity contribution in [1.29, 1.82) is 0 Å². The molecule has 1 fully saturated rings. The van der Waals surface area contributed by atoms with Gasteiger partial charge >= 0.3 is 0 Å². The van der Waals surface area contributed by atoms with Gasteiger partial charge in [-0.3, -0.25) is 0 Å². The topological polar surface area (TPSA) is 21.3 Å². The summed E-state index contributed by atoms with van der Waals surface area (Å²) in [6.45, 7) is 13.6. The monoisotopic (exact) mass is 227 g/mol. The molecule has 1 N–H and O–H groups in total. The summed E-state index contributed by atoms with van der Waals surface area (Å²) in [6.07, 6.45) is 4.30. The molecule has 16 heavy (non-hydrogen) atoms. The SMILES string of the molecule is CCC(NC1CC(C)OC(C)C1)C(C)(C)C. The standard InChI is InChI=1S/C14H29NO/c1-7-13(14(4,5)6)15-12-8-10(2)16-11(3)9-12/h10-13,15H,7-9H2,1-6H3. The van der Waals surface area contributed by atoms with Crippen LogP contribution in [0.5, 0.6) is 0 Å². The molecule has 3 unspecified atom stereocenters. The Labute approximate surface area is 101 Å². The first kappa shape index (κ1) is 14.0. The Balaban J connectivity index is 2.51. The molecular formula is C14H29NO. The summed E-state index contributed by atoms with van der Waals surface area (Å²) < 4.78 is 5.78. The fourth-order valence-electron chi connectivity index (χ4n) is 2.81. The maximum absolute atomic E-state index is 5.78. The first-order valence-electron chi connectivity index (χ1n) is 6.74. The molecule has 0 aromatic heterocycles. The molecule has 2 heteroatoms. The second-order valence-electron chi connectivity index (χ2n) is 6.42. The van der Waals surface area contributed by atoms with Gasteiger partial charge in [0.2, 0.25) is 0 Å². The minimum atomic E-state index is 0.347. The van der Waals surface area contributed by atoms with Crippen LogP contribution in [0.25, 0.3) is 0 Å². The van der Waals surface area contributed by atoms with Gasteiger partial charge in [0.05, 0.1) is 12.2 Å². The molecule has 1 aliphatic rings. The molecular weight excluding hydrogens is 198 g/mol. The largest absolute Gasteiger partial charge is 0.375 e. The molecule has 0 spiro atoms. The van der Waals surface area contributed by atoms with Gasteiger partial charge in [-0.25, -0.2) is 0 Å². The first-order chi connectivity index (χ1) is 7.32. The quantitative estimate of drug-likeness (QED) is 0.798. The van der Waals surface area contributed by atoms with Gasteiger partial charge in [-0.1, -0.05) is 27.7 Å². The molecule has 1 aliphatic heterocycles. The zero-order chi connectivity index (χ0) is 12.3. The number of nitrogens with one attached hydrogen (secondary N) is 1. The van der Waals surface area contributed by atoms with Crippen molar-refractivity contribution in [3.05, 3.63) is 0 Å². The summed E-state index contributed by atoms with van der Waals surface area (Å²) in [5, 5.41) is 3.83. The van der Waals surface area contributed by atoms with Crippen molar-refractivity contribution in [3.63, 3.8) is 0 Å². The zero-order valence-corrected chi connectivity index (χ0v) is 11.8. The Hall–Kier alpha value is -0.0800. The van der Waals surface area contributed by atoms with Crippen LogP contribution in [0.3, 0.4) is 0 Å². The van der Waals surface area contributed by atoms with Crippen LogP contribution in [-0.2, 0) is 4.74 Å². The molecule has 0 aromatic carbocycles. The maximum atomic E-state index is 5.78. The third kappa shape index (κ3) is 4.06. The molecule has 1 saturated heterocycles. The van der Waals surface area contributed by atoms with Crippen LogP contribution in [-0.4, -0.2) is 24.3 Å². The van der Waals surface area contributed by atoms with Crippen molar-refractivity contribution >= 4 is 0 Å². The van der Waals surface area contributed by atoms with Crippen LogP contribution in [0.4, 0.5) is 0 Å². The summed E-state index contributed by atoms with van der Waals surface area (Å²) in [4.78, 5) is 0. The molecule has 0 bridgehead atoms. The lowest BCUT2D eigenvalue weighted by Crippen LogP contribution is -2.49. The van der Waals surface area contributed by atoms with Crippen molar-refractivity contribution in [1.82, 2.24) is 5.32 Å². The van der Waals surface area contributed by atoms with E-state index in [1.54, 1.807) is 0 Å². The van der Waals surface area contributed by atoms with Crippen LogP contribution in [0.2, 0.25) is 0 Å². The van der Waals surface area contributed by atoms with E-state index in [4.69, 9.17) is 4.74 Å². The molecule has 0 saturated carbocycles. The summed E-state index contributed by atoms with van der Waals surface area (Å²) in [7, 11) is 0. The Morgan fingerprint density at radius 3 is 2.06 bits per heavy atom. The molecule has 0 amide bonds. The van der Waals surface area contributed by atoms with Gasteiger partial charge < -0.3 is 10.1 Å². The molecule has 1 heterocycles. The fourth-order valence-corrected chi connectivity index (χ4v) is 2.81. The lowest BCUT2D eigenvalue weighted by Gasteiger charge is -2.39. The van der Waals surface area contributed by atoms with Gasteiger partial charge in [-0.2, -0.15) is 0 Å². The van der Waals surface area contributed by atoms with E-state index in [-0.39, 0.29) is 0 Å². The molecule has 2 nitrogen and oxygen atoms in total. The van der Waals surface area contributed by atoms with E-state index in [1.807, 2.05) is 0 Å². The highest BCUT2D eigenvalue weighted by molar-refractivity contribution is 4.86. The molecule has 0 aliphatic carbocycles. The Morgan fingerprint density at radius 2 is 1.69 bits per heavy atom. The fraction of sp³-hybridized carbons (Fsp3) is 1.00. The van der Waals surface area contributed by atoms with Gasteiger partial charge in [0.1, 0.15) is 0 Å². The summed E-state index contributed by atoms with van der Waals surface area (Å²) >= 11 is 0. The lowest BCUT2D eigenvalue weighted by atomic mass is 9.84. The van der Waals surface area contributed by atoms with Crippen molar-refractivity contribution in [2.75, 3.05) is 0 Å². The highest BCUT2D eigenvalue weighted by Gasteiger charge is 2.29. The highest BCUT2D eigenvalue weighted by Crippen LogP contribution is 2.25. The Morgan fingerprint density at radius 1 is 1.19 bits per heavy atom. The molecule has 0 radical (unpaired) electrons. The van der Waals surface area contributed by atoms with Gasteiger partial charge in [0.15, 0.2) is 0 Å². The molecule has 96 valence electrons. The van der Waals surface area contributed by atoms with Crippen molar-refractivity contribution in [3.8, 4) is 0 Å². The second-order valence-corrected chi connectivity index (χ2v) is 6.42. The van der Waals surface area contributed by atoms with E-state index < -0.39 is 0 Å². The predicted molar refractivity (Wildman–Crippen MR) is 69.7 cm³/mol. The summed E-state index contributed by atoms with van der Waals surface area (Å²) in [5.74, 6) is 0. The molecule has 3 atom stereocenters. The number of rotatable bonds is 3. The van der Waals surface area contributed by atoms with E-state index in [9.17, 15) is 0 Å². The number of hydrogen-bond donors (Lipinski definition) is 1. The average molecular weight is 227 g/mol. The summed E-state index contributed by atoms with van der Waals surface area (Å²) in [5.41, 5.74) is 0.347. The van der Waals surface area contributed by atoms with Crippen LogP contribution >= 0.6 is 0 Å². The lowest BCUT2D eigenvalue weighted by molar-refractivity contribution is -0.0456. The van der Waals surface area contributed by atoms with Gasteiger partial charge in [-0.15, -0.1) is 0 Å². The Kier molecular flexibility index (Phi) is 4.81. The zero-order valence-electron chi connectivity index (χ0n) is 11.8. The van der Waals surface area contributed by atoms with E-state index in [0.717, 1.165) is 12.8 Å². The van der Waals surface area contributed by atoms with Crippen LogP contribution in [0.15, 0.2) is 0 Å². The maximum Gasteiger partial charge on any atom is 0.0565 e. The Bertz CT molecular complexity index is 199. The minimum absolute atomic E-state index is 0.347. The van der Waals surface area contributed by atoms with Crippen LogP contribution < -0.4 is 5.32 Å². The van der Waals surface area contributed by atoms with Gasteiger partial charge in [0.25, 0.3) is 0 Å². The van der Waals surface area contributed by atoms with E-state index in [2.05, 4.69) is 46.9 Å². The average Bonchev–Trinajstić information content (AvgIpc) is 2.10. The van der Waals surface area contributed by atoms with Gasteiger partial charge in [-0.05, 0) is 38.5 Å². The highest BCUT2D eigenvalue weighted by atomic mass is 16.5. The third-order valence-corrected chi connectivity index (χ3v) is 3.59. The van der Waals surface area contributed by atoms with E-state index in [0.29, 0.717) is 29.7 Å². The normalized spacial score (nSPS) is 33.8. The predicted octanol–water partition coefficient (Wildman–Crippen LogP) is 3.36. The van der Waals surface area contributed by atoms with E-state index in [1.165, 1.54) is 6.42 Å². The first-order valence-corrected chi connectivity index (χ1v) is 6.74.